The first-order valence-corrected chi connectivity index (χ1v) is 13.0. The number of hydrogen-bond acceptors (Lipinski definition) is 5. The lowest BCUT2D eigenvalue weighted by Crippen LogP contribution is -2.34. The normalized spacial score (nSPS) is 17.5. The Balaban J connectivity index is 1.19. The third-order valence-corrected chi connectivity index (χ3v) is 8.76. The number of rotatable bonds is 6. The Kier molecular flexibility index (Phi) is 6.48. The summed E-state index contributed by atoms with van der Waals surface area (Å²) in [6.07, 6.45) is 5.53. The third-order valence-electron chi connectivity index (χ3n) is 7.44. The summed E-state index contributed by atoms with van der Waals surface area (Å²) < 4.78 is 11.5. The average Bonchev–Trinajstić information content (AvgIpc) is 3.42. The minimum atomic E-state index is 0.195. The molecule has 4 heterocycles. The van der Waals surface area contributed by atoms with Crippen LogP contribution in [-0.4, -0.2) is 49.0 Å². The van der Waals surface area contributed by atoms with E-state index in [1.54, 1.807) is 24.5 Å². The third kappa shape index (κ3) is 4.56. The van der Waals surface area contributed by atoms with Crippen molar-refractivity contribution in [3.8, 4) is 5.75 Å². The maximum Gasteiger partial charge on any atom is 0.219 e. The zero-order valence-corrected chi connectivity index (χ0v) is 20.8. The fourth-order valence-electron chi connectivity index (χ4n) is 5.48. The van der Waals surface area contributed by atoms with Gasteiger partial charge >= 0.3 is 0 Å². The summed E-state index contributed by atoms with van der Waals surface area (Å²) in [6, 6.07) is 8.22. The van der Waals surface area contributed by atoms with Gasteiger partial charge in [-0.15, -0.1) is 11.3 Å². The summed E-state index contributed by atoms with van der Waals surface area (Å²) in [6.45, 7) is 8.99. The Bertz CT molecular complexity index is 1140. The van der Waals surface area contributed by atoms with Crippen molar-refractivity contribution in [1.82, 2.24) is 9.80 Å². The Morgan fingerprint density at radius 1 is 1.21 bits per heavy atom. The van der Waals surface area contributed by atoms with Gasteiger partial charge < -0.3 is 19.0 Å². The molecule has 0 unspecified atom stereocenters. The second kappa shape index (κ2) is 9.51. The summed E-state index contributed by atoms with van der Waals surface area (Å²) in [5.41, 5.74) is 4.05. The number of carbonyl (C=O) groups is 1. The minimum absolute atomic E-state index is 0.195. The molecule has 0 radical (unpaired) electrons. The predicted octanol–water partition coefficient (Wildman–Crippen LogP) is 5.39. The number of benzene rings is 1. The highest BCUT2D eigenvalue weighted by molar-refractivity contribution is 7.12. The summed E-state index contributed by atoms with van der Waals surface area (Å²) in [7, 11) is 1.70. The van der Waals surface area contributed by atoms with Crippen molar-refractivity contribution in [3.63, 3.8) is 0 Å². The van der Waals surface area contributed by atoms with Crippen LogP contribution in [0.2, 0.25) is 0 Å². The van der Waals surface area contributed by atoms with Crippen LogP contribution in [0, 0.1) is 0 Å². The first kappa shape index (κ1) is 22.5. The molecule has 1 saturated heterocycles. The summed E-state index contributed by atoms with van der Waals surface area (Å²) in [5.74, 6) is 2.69. The molecule has 3 aromatic rings. The molecule has 0 saturated carbocycles. The van der Waals surface area contributed by atoms with Crippen LogP contribution in [0.1, 0.15) is 59.2 Å². The molecule has 1 amide bonds. The Labute approximate surface area is 200 Å². The monoisotopic (exact) mass is 466 g/mol. The SMILES string of the molecule is CCc1c(CCN2CCC(c3cc4cc(OC)ccc4o3)CC2)sc2c1CCN(C(C)=O)C2. The van der Waals surface area contributed by atoms with E-state index in [-0.39, 0.29) is 5.91 Å². The van der Waals surface area contributed by atoms with E-state index in [2.05, 4.69) is 24.0 Å². The molecular weight excluding hydrogens is 432 g/mol. The van der Waals surface area contributed by atoms with Crippen LogP contribution in [0.25, 0.3) is 11.0 Å². The molecule has 0 aliphatic carbocycles. The molecular formula is C27H34N2O3S. The quantitative estimate of drug-likeness (QED) is 0.489. The molecule has 6 heteroatoms. The van der Waals surface area contributed by atoms with Gasteiger partial charge in [-0.1, -0.05) is 6.92 Å². The van der Waals surface area contributed by atoms with E-state index in [0.717, 1.165) is 87.3 Å². The van der Waals surface area contributed by atoms with Crippen LogP contribution < -0.4 is 4.74 Å². The van der Waals surface area contributed by atoms with E-state index >= 15 is 0 Å². The van der Waals surface area contributed by atoms with Gasteiger partial charge in [0.15, 0.2) is 0 Å². The van der Waals surface area contributed by atoms with Gasteiger partial charge in [0, 0.05) is 41.1 Å². The molecule has 0 bridgehead atoms. The standard InChI is InChI=1S/C27H34N2O3S/c1-4-22-23-9-14-29(18(2)30)17-27(23)33-26(22)10-13-28-11-7-19(8-12-28)25-16-20-15-21(31-3)5-6-24(20)32-25/h5-6,15-16,19H,4,7-14,17H2,1-3H3. The predicted molar refractivity (Wildman–Crippen MR) is 133 cm³/mol. The lowest BCUT2D eigenvalue weighted by molar-refractivity contribution is -0.129. The van der Waals surface area contributed by atoms with Crippen LogP contribution in [0.5, 0.6) is 5.75 Å². The van der Waals surface area contributed by atoms with Gasteiger partial charge in [-0.05, 0) is 80.6 Å². The van der Waals surface area contributed by atoms with Gasteiger partial charge in [0.05, 0.1) is 13.7 Å². The molecule has 5 nitrogen and oxygen atoms in total. The number of likely N-dealkylation sites (tertiary alicyclic amines) is 1. The molecule has 1 aromatic carbocycles. The highest BCUT2D eigenvalue weighted by Crippen LogP contribution is 2.36. The molecule has 33 heavy (non-hydrogen) atoms. The second-order valence-corrected chi connectivity index (χ2v) is 10.6. The van der Waals surface area contributed by atoms with E-state index in [0.29, 0.717) is 5.92 Å². The van der Waals surface area contributed by atoms with Crippen LogP contribution in [0.15, 0.2) is 28.7 Å². The van der Waals surface area contributed by atoms with Gasteiger partial charge in [0.25, 0.3) is 0 Å². The van der Waals surface area contributed by atoms with Gasteiger partial charge in [0.1, 0.15) is 17.1 Å². The minimum Gasteiger partial charge on any atom is -0.497 e. The van der Waals surface area contributed by atoms with Crippen molar-refractivity contribution < 1.29 is 13.9 Å². The van der Waals surface area contributed by atoms with Crippen molar-refractivity contribution >= 4 is 28.2 Å². The van der Waals surface area contributed by atoms with Crippen LogP contribution in [-0.2, 0) is 30.6 Å². The summed E-state index contributed by atoms with van der Waals surface area (Å²) in [5, 5.41) is 1.13. The van der Waals surface area contributed by atoms with E-state index < -0.39 is 0 Å². The van der Waals surface area contributed by atoms with E-state index in [9.17, 15) is 4.79 Å². The molecule has 0 spiro atoms. The Hall–Kier alpha value is -2.31. The molecule has 5 rings (SSSR count). The first-order chi connectivity index (χ1) is 16.1. The molecule has 176 valence electrons. The number of methoxy groups -OCH3 is 1. The maximum atomic E-state index is 11.8. The van der Waals surface area contributed by atoms with Crippen LogP contribution in [0.3, 0.4) is 0 Å². The van der Waals surface area contributed by atoms with E-state index in [1.165, 1.54) is 10.4 Å². The molecule has 1 fully saturated rings. The molecule has 2 aromatic heterocycles. The fraction of sp³-hybridized carbons (Fsp3) is 0.519. The smallest absolute Gasteiger partial charge is 0.219 e. The molecule has 2 aliphatic rings. The van der Waals surface area contributed by atoms with Gasteiger partial charge in [-0.25, -0.2) is 0 Å². The molecule has 2 aliphatic heterocycles. The van der Waals surface area contributed by atoms with Crippen molar-refractivity contribution in [1.29, 1.82) is 0 Å². The molecule has 0 N–H and O–H groups in total. The number of fused-ring (bicyclic) bond motifs is 2. The fourth-order valence-corrected chi connectivity index (χ4v) is 6.93. The Morgan fingerprint density at radius 3 is 2.76 bits per heavy atom. The Morgan fingerprint density at radius 2 is 2.03 bits per heavy atom. The van der Waals surface area contributed by atoms with Gasteiger partial charge in [-0.2, -0.15) is 0 Å². The highest BCUT2D eigenvalue weighted by Gasteiger charge is 2.26. The number of furan rings is 1. The zero-order chi connectivity index (χ0) is 22.9. The largest absolute Gasteiger partial charge is 0.497 e. The highest BCUT2D eigenvalue weighted by atomic mass is 32.1. The van der Waals surface area contributed by atoms with Gasteiger partial charge in [-0.3, -0.25) is 4.79 Å². The van der Waals surface area contributed by atoms with E-state index in [4.69, 9.17) is 9.15 Å². The number of ether oxygens (including phenoxy) is 1. The second-order valence-electron chi connectivity index (χ2n) is 9.37. The first-order valence-electron chi connectivity index (χ1n) is 12.2. The number of nitrogens with zero attached hydrogens (tertiary/aromatic N) is 2. The lowest BCUT2D eigenvalue weighted by atomic mass is 9.94. The molecule has 0 atom stereocenters. The van der Waals surface area contributed by atoms with Crippen molar-refractivity contribution in [2.75, 3.05) is 33.3 Å². The topological polar surface area (TPSA) is 45.9 Å². The van der Waals surface area contributed by atoms with E-state index in [1.807, 2.05) is 28.4 Å². The van der Waals surface area contributed by atoms with Crippen molar-refractivity contribution in [3.05, 3.63) is 50.9 Å². The zero-order valence-electron chi connectivity index (χ0n) is 20.0. The lowest BCUT2D eigenvalue weighted by Gasteiger charge is -2.31. The number of hydrogen-bond donors (Lipinski definition) is 0. The number of piperidine rings is 1. The number of carbonyl (C=O) groups excluding carboxylic acids is 1. The average molecular weight is 467 g/mol. The van der Waals surface area contributed by atoms with Gasteiger partial charge in [0.2, 0.25) is 5.91 Å². The maximum absolute atomic E-state index is 11.8. The van der Waals surface area contributed by atoms with Crippen LogP contribution in [0.4, 0.5) is 0 Å². The van der Waals surface area contributed by atoms with Crippen LogP contribution >= 0.6 is 11.3 Å². The summed E-state index contributed by atoms with van der Waals surface area (Å²) >= 11 is 1.95. The number of thiophene rings is 1. The van der Waals surface area contributed by atoms with Crippen molar-refractivity contribution in [2.45, 2.75) is 58.4 Å². The number of amides is 1. The summed E-state index contributed by atoms with van der Waals surface area (Å²) in [4.78, 5) is 19.4. The van der Waals surface area contributed by atoms with Crippen molar-refractivity contribution in [2.24, 2.45) is 0 Å².